The first-order chi connectivity index (χ1) is 15.3. The molecule has 1 heterocycles. The molecular formula is C22H22FN3O5S. The summed E-state index contributed by atoms with van der Waals surface area (Å²) in [5.74, 6) is -2.51. The lowest BCUT2D eigenvalue weighted by Crippen LogP contribution is -2.43. The van der Waals surface area contributed by atoms with Gasteiger partial charge in [-0.2, -0.15) is 9.57 Å². The first kappa shape index (κ1) is 23.4. The Morgan fingerprint density at radius 2 is 1.84 bits per heavy atom. The third kappa shape index (κ3) is 5.49. The number of nitriles is 1. The largest absolute Gasteiger partial charge is 0.455 e. The summed E-state index contributed by atoms with van der Waals surface area (Å²) < 4.78 is 45.1. The number of carbonyl (C=O) groups excluding carboxylic acids is 2. The van der Waals surface area contributed by atoms with Crippen molar-refractivity contribution in [2.75, 3.05) is 31.1 Å². The summed E-state index contributed by atoms with van der Waals surface area (Å²) in [6.45, 7) is -0.621. The maximum absolute atomic E-state index is 13.1. The molecule has 3 rings (SSSR count). The zero-order valence-electron chi connectivity index (χ0n) is 17.2. The topological polar surface area (TPSA) is 108 Å². The lowest BCUT2D eigenvalue weighted by atomic mass is 10.00. The minimum atomic E-state index is -3.89. The van der Waals surface area contributed by atoms with Crippen LogP contribution >= 0.6 is 0 Å². The summed E-state index contributed by atoms with van der Waals surface area (Å²) in [4.78, 5) is 26.2. The van der Waals surface area contributed by atoms with Crippen LogP contribution in [-0.4, -0.2) is 50.8 Å². The van der Waals surface area contributed by atoms with Crippen LogP contribution in [0.15, 0.2) is 59.5 Å². The number of para-hydroxylation sites is 1. The van der Waals surface area contributed by atoms with Gasteiger partial charge in [0.1, 0.15) is 12.4 Å². The van der Waals surface area contributed by atoms with Crippen LogP contribution in [-0.2, 0) is 24.3 Å². The van der Waals surface area contributed by atoms with E-state index in [0.29, 0.717) is 18.5 Å². The molecule has 0 saturated carbocycles. The zero-order chi connectivity index (χ0) is 23.1. The summed E-state index contributed by atoms with van der Waals surface area (Å²) in [5, 5.41) is 9.01. The number of esters is 1. The van der Waals surface area contributed by atoms with E-state index in [0.717, 1.165) is 12.1 Å². The fourth-order valence-electron chi connectivity index (χ4n) is 3.44. The number of nitrogens with zero attached hydrogens (tertiary/aromatic N) is 3. The van der Waals surface area contributed by atoms with Crippen LogP contribution in [0, 0.1) is 23.1 Å². The van der Waals surface area contributed by atoms with E-state index in [1.165, 1.54) is 21.3 Å². The number of piperidine rings is 1. The molecule has 1 unspecified atom stereocenters. The number of halogens is 1. The Labute approximate surface area is 185 Å². The second kappa shape index (κ2) is 10.3. The van der Waals surface area contributed by atoms with Gasteiger partial charge in [0.15, 0.2) is 6.61 Å². The van der Waals surface area contributed by atoms with Crippen LogP contribution in [0.2, 0.25) is 0 Å². The highest BCUT2D eigenvalue weighted by atomic mass is 32.2. The third-order valence-corrected chi connectivity index (χ3v) is 6.98. The molecule has 10 heteroatoms. The van der Waals surface area contributed by atoms with Gasteiger partial charge in [-0.25, -0.2) is 12.8 Å². The number of rotatable bonds is 7. The second-order valence-corrected chi connectivity index (χ2v) is 9.18. The van der Waals surface area contributed by atoms with Crippen LogP contribution in [0.3, 0.4) is 0 Å². The van der Waals surface area contributed by atoms with Gasteiger partial charge in [0.2, 0.25) is 10.0 Å². The molecule has 1 fully saturated rings. The zero-order valence-corrected chi connectivity index (χ0v) is 18.0. The van der Waals surface area contributed by atoms with E-state index < -0.39 is 40.2 Å². The van der Waals surface area contributed by atoms with Crippen molar-refractivity contribution in [1.82, 2.24) is 4.31 Å². The maximum atomic E-state index is 13.1. The first-order valence-electron chi connectivity index (χ1n) is 9.97. The molecule has 0 radical (unpaired) electrons. The van der Waals surface area contributed by atoms with E-state index >= 15 is 0 Å². The monoisotopic (exact) mass is 459 g/mol. The van der Waals surface area contributed by atoms with Gasteiger partial charge in [0.25, 0.3) is 5.91 Å². The maximum Gasteiger partial charge on any atom is 0.310 e. The minimum Gasteiger partial charge on any atom is -0.455 e. The van der Waals surface area contributed by atoms with Crippen LogP contribution in [0.25, 0.3) is 0 Å². The first-order valence-corrected chi connectivity index (χ1v) is 11.4. The van der Waals surface area contributed by atoms with E-state index in [-0.39, 0.29) is 24.5 Å². The summed E-state index contributed by atoms with van der Waals surface area (Å²) >= 11 is 0. The molecule has 168 valence electrons. The summed E-state index contributed by atoms with van der Waals surface area (Å²) in [6, 6.07) is 14.9. The van der Waals surface area contributed by atoms with Crippen molar-refractivity contribution in [3.63, 3.8) is 0 Å². The Bertz CT molecular complexity index is 1100. The number of hydrogen-bond donors (Lipinski definition) is 0. The molecule has 0 spiro atoms. The highest BCUT2D eigenvalue weighted by Crippen LogP contribution is 2.25. The van der Waals surface area contributed by atoms with Crippen molar-refractivity contribution < 1.29 is 27.1 Å². The van der Waals surface area contributed by atoms with Crippen molar-refractivity contribution in [2.24, 2.45) is 5.92 Å². The fourth-order valence-corrected chi connectivity index (χ4v) is 4.96. The Morgan fingerprint density at radius 1 is 1.16 bits per heavy atom. The van der Waals surface area contributed by atoms with E-state index in [4.69, 9.17) is 10.00 Å². The molecule has 2 aromatic carbocycles. The molecule has 0 N–H and O–H groups in total. The van der Waals surface area contributed by atoms with Crippen LogP contribution in [0.4, 0.5) is 10.1 Å². The van der Waals surface area contributed by atoms with Gasteiger partial charge < -0.3 is 4.74 Å². The van der Waals surface area contributed by atoms with Crippen molar-refractivity contribution in [3.05, 3.63) is 60.4 Å². The second-order valence-electron chi connectivity index (χ2n) is 7.24. The molecule has 0 aromatic heterocycles. The summed E-state index contributed by atoms with van der Waals surface area (Å²) in [6.07, 6.45) is 0.863. The Balaban J connectivity index is 1.62. The average molecular weight is 459 g/mol. The Hall–Kier alpha value is -3.29. The van der Waals surface area contributed by atoms with Gasteiger partial charge >= 0.3 is 5.97 Å². The normalized spacial score (nSPS) is 16.7. The van der Waals surface area contributed by atoms with Gasteiger partial charge in [0, 0.05) is 18.8 Å². The summed E-state index contributed by atoms with van der Waals surface area (Å²) in [5.41, 5.74) is 0.504. The molecule has 1 aliphatic heterocycles. The van der Waals surface area contributed by atoms with Crippen molar-refractivity contribution in [1.29, 1.82) is 5.26 Å². The van der Waals surface area contributed by atoms with Crippen molar-refractivity contribution in [3.8, 4) is 6.07 Å². The smallest absolute Gasteiger partial charge is 0.310 e. The number of hydrogen-bond acceptors (Lipinski definition) is 6. The number of sulfonamides is 1. The van der Waals surface area contributed by atoms with Crippen molar-refractivity contribution >= 4 is 27.6 Å². The van der Waals surface area contributed by atoms with E-state index in [1.807, 2.05) is 6.07 Å². The molecule has 1 saturated heterocycles. The number of carbonyl (C=O) groups is 2. The molecule has 8 nitrogen and oxygen atoms in total. The lowest BCUT2D eigenvalue weighted by molar-refractivity contribution is -0.153. The van der Waals surface area contributed by atoms with Crippen LogP contribution in [0.1, 0.15) is 12.8 Å². The number of amides is 1. The van der Waals surface area contributed by atoms with Gasteiger partial charge in [-0.15, -0.1) is 0 Å². The SMILES string of the molecule is N#CCN(C(=O)COC(=O)C1CCCN(S(=O)(=O)c2ccc(F)cc2)C1)c1ccccc1. The predicted molar refractivity (Wildman–Crippen MR) is 113 cm³/mol. The van der Waals surface area contributed by atoms with Gasteiger partial charge in [-0.1, -0.05) is 18.2 Å². The molecular weight excluding hydrogens is 437 g/mol. The van der Waals surface area contributed by atoms with Crippen molar-refractivity contribution in [2.45, 2.75) is 17.7 Å². The quantitative estimate of drug-likeness (QED) is 0.465. The number of benzene rings is 2. The lowest BCUT2D eigenvalue weighted by Gasteiger charge is -2.30. The highest BCUT2D eigenvalue weighted by molar-refractivity contribution is 7.89. The van der Waals surface area contributed by atoms with Gasteiger partial charge in [-0.3, -0.25) is 14.5 Å². The standard InChI is InChI=1S/C22H22FN3O5S/c23-18-8-10-20(11-9-18)32(29,30)25-13-4-5-17(15-25)22(28)31-16-21(27)26(14-12-24)19-6-2-1-3-7-19/h1-3,6-11,17H,4-5,13-16H2. The molecule has 0 aliphatic carbocycles. The molecule has 0 bridgehead atoms. The van der Waals surface area contributed by atoms with Crippen LogP contribution < -0.4 is 4.90 Å². The highest BCUT2D eigenvalue weighted by Gasteiger charge is 2.34. The fraction of sp³-hybridized carbons (Fsp3) is 0.318. The molecule has 2 aromatic rings. The molecule has 32 heavy (non-hydrogen) atoms. The molecule has 1 amide bonds. The van der Waals surface area contributed by atoms with E-state index in [1.54, 1.807) is 30.3 Å². The predicted octanol–water partition coefficient (Wildman–Crippen LogP) is 2.33. The Kier molecular flexibility index (Phi) is 7.56. The third-order valence-electron chi connectivity index (χ3n) is 5.10. The minimum absolute atomic E-state index is 0.0573. The Morgan fingerprint density at radius 3 is 2.50 bits per heavy atom. The average Bonchev–Trinajstić information content (AvgIpc) is 2.81. The number of ether oxygens (including phenoxy) is 1. The number of anilines is 1. The van der Waals surface area contributed by atoms with Gasteiger partial charge in [0.05, 0.1) is 16.9 Å². The summed E-state index contributed by atoms with van der Waals surface area (Å²) in [7, 11) is -3.89. The molecule has 1 atom stereocenters. The molecule has 1 aliphatic rings. The van der Waals surface area contributed by atoms with Crippen LogP contribution in [0.5, 0.6) is 0 Å². The van der Waals surface area contributed by atoms with Gasteiger partial charge in [-0.05, 0) is 49.2 Å². The van der Waals surface area contributed by atoms with E-state index in [2.05, 4.69) is 0 Å². The van der Waals surface area contributed by atoms with E-state index in [9.17, 15) is 22.4 Å².